The average molecular weight is 292 g/mol. The van der Waals surface area contributed by atoms with E-state index in [-0.39, 0.29) is 13.0 Å². The van der Waals surface area contributed by atoms with Gasteiger partial charge >= 0.3 is 6.18 Å². The maximum atomic E-state index is 12.4. The van der Waals surface area contributed by atoms with Crippen molar-refractivity contribution < 1.29 is 13.2 Å². The lowest BCUT2D eigenvalue weighted by Gasteiger charge is -2.12. The fraction of sp³-hybridized carbons (Fsp3) is 0.364. The van der Waals surface area contributed by atoms with Gasteiger partial charge in [0.05, 0.1) is 12.5 Å². The summed E-state index contributed by atoms with van der Waals surface area (Å²) in [5.41, 5.74) is 1.32. The van der Waals surface area contributed by atoms with Gasteiger partial charge in [0.2, 0.25) is 0 Å². The van der Waals surface area contributed by atoms with Crippen molar-refractivity contribution in [2.24, 2.45) is 10.9 Å². The van der Waals surface area contributed by atoms with Gasteiger partial charge in [-0.3, -0.25) is 4.99 Å². The Morgan fingerprint density at radius 2 is 1.81 bits per heavy atom. The van der Waals surface area contributed by atoms with Crippen LogP contribution in [-0.4, -0.2) is 18.4 Å². The van der Waals surface area contributed by atoms with E-state index in [1.54, 1.807) is 24.3 Å². The van der Waals surface area contributed by atoms with Gasteiger partial charge in [-0.05, 0) is 17.7 Å². The van der Waals surface area contributed by atoms with Gasteiger partial charge < -0.3 is 0 Å². The minimum atomic E-state index is -4.14. The van der Waals surface area contributed by atoms with Crippen LogP contribution in [0.15, 0.2) is 33.7 Å². The van der Waals surface area contributed by atoms with E-state index in [0.717, 1.165) is 10.0 Å². The highest BCUT2D eigenvalue weighted by Gasteiger charge is 2.42. The van der Waals surface area contributed by atoms with Crippen molar-refractivity contribution in [2.45, 2.75) is 12.6 Å². The van der Waals surface area contributed by atoms with Crippen LogP contribution in [0.4, 0.5) is 13.2 Å². The molecule has 0 radical (unpaired) electrons. The van der Waals surface area contributed by atoms with Crippen molar-refractivity contribution in [2.75, 3.05) is 6.54 Å². The van der Waals surface area contributed by atoms with Crippen LogP contribution in [0.3, 0.4) is 0 Å². The zero-order valence-corrected chi connectivity index (χ0v) is 9.85. The minimum absolute atomic E-state index is 0.00880. The largest absolute Gasteiger partial charge is 0.393 e. The molecular formula is C11H9BrF3N. The van der Waals surface area contributed by atoms with Crippen molar-refractivity contribution in [1.29, 1.82) is 0 Å². The van der Waals surface area contributed by atoms with Crippen LogP contribution in [0.1, 0.15) is 12.0 Å². The zero-order valence-electron chi connectivity index (χ0n) is 8.26. The highest BCUT2D eigenvalue weighted by molar-refractivity contribution is 9.10. The third-order valence-electron chi connectivity index (χ3n) is 2.58. The second-order valence-electron chi connectivity index (χ2n) is 3.74. The Labute approximate surface area is 99.5 Å². The molecule has 86 valence electrons. The van der Waals surface area contributed by atoms with E-state index in [2.05, 4.69) is 20.9 Å². The smallest absolute Gasteiger partial charge is 0.288 e. The SMILES string of the molecule is FC(F)(F)C1CN=C(c2ccc(Br)cc2)C1. The highest BCUT2D eigenvalue weighted by atomic mass is 79.9. The van der Waals surface area contributed by atoms with E-state index >= 15 is 0 Å². The standard InChI is InChI=1S/C11H9BrF3N/c12-9-3-1-7(2-4-9)10-5-8(6-16-10)11(13,14)15/h1-4,8H,5-6H2. The van der Waals surface area contributed by atoms with Crippen LogP contribution in [0.25, 0.3) is 0 Å². The first-order valence-corrected chi connectivity index (χ1v) is 5.62. The first-order valence-electron chi connectivity index (χ1n) is 4.83. The summed E-state index contributed by atoms with van der Waals surface area (Å²) < 4.78 is 38.2. The summed E-state index contributed by atoms with van der Waals surface area (Å²) >= 11 is 3.28. The normalized spacial score (nSPS) is 21.0. The minimum Gasteiger partial charge on any atom is -0.288 e. The van der Waals surface area contributed by atoms with Crippen molar-refractivity contribution in [3.63, 3.8) is 0 Å². The molecule has 1 aliphatic rings. The number of aliphatic imine (C=N–C) groups is 1. The van der Waals surface area contributed by atoms with Gasteiger partial charge in [0.25, 0.3) is 0 Å². The monoisotopic (exact) mass is 291 g/mol. The third-order valence-corrected chi connectivity index (χ3v) is 3.11. The maximum absolute atomic E-state index is 12.4. The maximum Gasteiger partial charge on any atom is 0.393 e. The number of nitrogens with zero attached hydrogens (tertiary/aromatic N) is 1. The average Bonchev–Trinajstić information content (AvgIpc) is 2.67. The van der Waals surface area contributed by atoms with Gasteiger partial charge in [-0.2, -0.15) is 13.2 Å². The summed E-state index contributed by atoms with van der Waals surface area (Å²) in [5, 5.41) is 0. The van der Waals surface area contributed by atoms with Crippen LogP contribution in [0, 0.1) is 5.92 Å². The molecule has 0 amide bonds. The second kappa shape index (κ2) is 4.20. The van der Waals surface area contributed by atoms with E-state index in [9.17, 15) is 13.2 Å². The van der Waals surface area contributed by atoms with Gasteiger partial charge in [-0.15, -0.1) is 0 Å². The van der Waals surface area contributed by atoms with E-state index in [4.69, 9.17) is 0 Å². The van der Waals surface area contributed by atoms with Crippen molar-refractivity contribution in [3.8, 4) is 0 Å². The molecule has 0 saturated carbocycles. The van der Waals surface area contributed by atoms with Crippen LogP contribution in [-0.2, 0) is 0 Å². The summed E-state index contributed by atoms with van der Waals surface area (Å²) in [4.78, 5) is 3.96. The summed E-state index contributed by atoms with van der Waals surface area (Å²) in [6.45, 7) is -0.144. The van der Waals surface area contributed by atoms with Gasteiger partial charge in [0.15, 0.2) is 0 Å². The molecule has 1 nitrogen and oxygen atoms in total. The lowest BCUT2D eigenvalue weighted by Crippen LogP contribution is -2.23. The molecule has 1 unspecified atom stereocenters. The van der Waals surface area contributed by atoms with Crippen LogP contribution in [0.2, 0.25) is 0 Å². The van der Waals surface area contributed by atoms with Gasteiger partial charge in [0, 0.05) is 16.6 Å². The molecule has 0 N–H and O–H groups in total. The Morgan fingerprint density at radius 3 is 2.31 bits per heavy atom. The predicted molar refractivity (Wildman–Crippen MR) is 59.7 cm³/mol. The lowest BCUT2D eigenvalue weighted by atomic mass is 10.0. The third kappa shape index (κ3) is 2.45. The van der Waals surface area contributed by atoms with Crippen molar-refractivity contribution in [1.82, 2.24) is 0 Å². The number of hydrogen-bond donors (Lipinski definition) is 0. The molecule has 0 fully saturated rings. The van der Waals surface area contributed by atoms with E-state index < -0.39 is 12.1 Å². The fourth-order valence-corrected chi connectivity index (χ4v) is 1.92. The Bertz CT molecular complexity index is 408. The second-order valence-corrected chi connectivity index (χ2v) is 4.65. The van der Waals surface area contributed by atoms with E-state index in [1.807, 2.05) is 0 Å². The molecule has 1 aliphatic heterocycles. The number of halogens is 4. The quantitative estimate of drug-likeness (QED) is 0.746. The molecule has 1 heterocycles. The summed E-state index contributed by atoms with van der Waals surface area (Å²) in [5.74, 6) is -1.31. The summed E-state index contributed by atoms with van der Waals surface area (Å²) in [6.07, 6.45) is -4.15. The number of benzene rings is 1. The molecule has 1 aromatic carbocycles. The predicted octanol–water partition coefficient (Wildman–Crippen LogP) is 3.82. The molecule has 0 aromatic heterocycles. The molecular weight excluding hydrogens is 283 g/mol. The zero-order chi connectivity index (χ0) is 11.8. The molecule has 0 saturated heterocycles. The van der Waals surface area contributed by atoms with Crippen LogP contribution < -0.4 is 0 Å². The van der Waals surface area contributed by atoms with Crippen molar-refractivity contribution >= 4 is 21.6 Å². The van der Waals surface area contributed by atoms with Crippen LogP contribution >= 0.6 is 15.9 Å². The Kier molecular flexibility index (Phi) is 3.06. The first-order chi connectivity index (χ1) is 7.47. The van der Waals surface area contributed by atoms with Crippen LogP contribution in [0.5, 0.6) is 0 Å². The van der Waals surface area contributed by atoms with Crippen molar-refractivity contribution in [3.05, 3.63) is 34.3 Å². The fourth-order valence-electron chi connectivity index (χ4n) is 1.65. The Balaban J connectivity index is 2.12. The van der Waals surface area contributed by atoms with E-state index in [0.29, 0.717) is 5.71 Å². The highest BCUT2D eigenvalue weighted by Crippen LogP contribution is 2.33. The first kappa shape index (κ1) is 11.6. The Morgan fingerprint density at radius 1 is 1.19 bits per heavy atom. The molecule has 16 heavy (non-hydrogen) atoms. The Hall–Kier alpha value is -0.840. The molecule has 0 bridgehead atoms. The van der Waals surface area contributed by atoms with Gasteiger partial charge in [-0.1, -0.05) is 28.1 Å². The van der Waals surface area contributed by atoms with Gasteiger partial charge in [0.1, 0.15) is 0 Å². The molecule has 5 heteroatoms. The lowest BCUT2D eigenvalue weighted by molar-refractivity contribution is -0.167. The number of rotatable bonds is 1. The molecule has 0 aliphatic carbocycles. The molecule has 2 rings (SSSR count). The topological polar surface area (TPSA) is 12.4 Å². The van der Waals surface area contributed by atoms with E-state index in [1.165, 1.54) is 0 Å². The molecule has 1 aromatic rings. The summed E-state index contributed by atoms with van der Waals surface area (Å²) in [7, 11) is 0. The number of alkyl halides is 3. The van der Waals surface area contributed by atoms with Gasteiger partial charge in [-0.25, -0.2) is 0 Å². The molecule has 0 spiro atoms. The number of hydrogen-bond acceptors (Lipinski definition) is 1. The molecule has 1 atom stereocenters. The summed E-state index contributed by atoms with van der Waals surface area (Å²) in [6, 6.07) is 7.17.